The number of nitrogens with zero attached hydrogens (tertiary/aromatic N) is 2. The number of aryl methyl sites for hydroxylation is 1. The van der Waals surface area contributed by atoms with Crippen LogP contribution in [-0.4, -0.2) is 26.6 Å². The molecule has 0 fully saturated rings. The van der Waals surface area contributed by atoms with Gasteiger partial charge in [0, 0.05) is 34.6 Å². The van der Waals surface area contributed by atoms with Gasteiger partial charge in [0.05, 0.1) is 23.9 Å². The standard InChI is InChI=1S/C24H18F4N4O2/c1-12-20(24(26,27)28)8-17(10-29-12)32-22(34)7-15-4-3-14(6-21(15)25)16-5-18-19(13(2)33)11-31-23(18)30-9-16/h3-6,8-11H,7H2,1-2H3,(H,30,31)(H,32,34). The van der Waals surface area contributed by atoms with Crippen LogP contribution in [0.5, 0.6) is 0 Å². The zero-order valence-electron chi connectivity index (χ0n) is 18.0. The molecule has 0 radical (unpaired) electrons. The zero-order valence-corrected chi connectivity index (χ0v) is 18.0. The molecule has 0 atom stereocenters. The Labute approximate surface area is 191 Å². The Morgan fingerprint density at radius 2 is 1.82 bits per heavy atom. The summed E-state index contributed by atoms with van der Waals surface area (Å²) in [6.45, 7) is 2.65. The van der Waals surface area contributed by atoms with Gasteiger partial charge >= 0.3 is 6.18 Å². The molecule has 3 heterocycles. The Morgan fingerprint density at radius 1 is 1.06 bits per heavy atom. The number of amides is 1. The number of aromatic nitrogens is 3. The largest absolute Gasteiger partial charge is 0.418 e. The first-order valence-electron chi connectivity index (χ1n) is 10.1. The third-order valence-corrected chi connectivity index (χ3v) is 5.32. The first-order valence-corrected chi connectivity index (χ1v) is 10.1. The van der Waals surface area contributed by atoms with Crippen molar-refractivity contribution in [1.82, 2.24) is 15.0 Å². The predicted molar refractivity (Wildman–Crippen MR) is 118 cm³/mol. The van der Waals surface area contributed by atoms with Crippen LogP contribution in [-0.2, 0) is 17.4 Å². The van der Waals surface area contributed by atoms with Crippen molar-refractivity contribution in [3.8, 4) is 11.1 Å². The number of anilines is 1. The fourth-order valence-corrected chi connectivity index (χ4v) is 3.59. The molecular formula is C24H18F4N4O2. The van der Waals surface area contributed by atoms with Gasteiger partial charge in [0.2, 0.25) is 5.91 Å². The molecule has 3 aromatic heterocycles. The lowest BCUT2D eigenvalue weighted by atomic mass is 10.0. The average Bonchev–Trinajstić information content (AvgIpc) is 3.19. The summed E-state index contributed by atoms with van der Waals surface area (Å²) in [5, 5.41) is 2.93. The summed E-state index contributed by atoms with van der Waals surface area (Å²) >= 11 is 0. The van der Waals surface area contributed by atoms with E-state index in [9.17, 15) is 27.2 Å². The fourth-order valence-electron chi connectivity index (χ4n) is 3.59. The van der Waals surface area contributed by atoms with E-state index in [4.69, 9.17) is 0 Å². The molecule has 6 nitrogen and oxygen atoms in total. The lowest BCUT2D eigenvalue weighted by molar-refractivity contribution is -0.138. The van der Waals surface area contributed by atoms with Crippen molar-refractivity contribution >= 4 is 28.4 Å². The van der Waals surface area contributed by atoms with Crippen molar-refractivity contribution in [3.63, 3.8) is 0 Å². The molecule has 0 bridgehead atoms. The summed E-state index contributed by atoms with van der Waals surface area (Å²) in [4.78, 5) is 34.9. The van der Waals surface area contributed by atoms with Gasteiger partial charge in [-0.1, -0.05) is 12.1 Å². The number of hydrogen-bond acceptors (Lipinski definition) is 4. The van der Waals surface area contributed by atoms with Crippen molar-refractivity contribution in [3.05, 3.63) is 77.1 Å². The van der Waals surface area contributed by atoms with Crippen LogP contribution in [0.2, 0.25) is 0 Å². The lowest BCUT2D eigenvalue weighted by Gasteiger charge is -2.12. The van der Waals surface area contributed by atoms with Gasteiger partial charge in [-0.2, -0.15) is 13.2 Å². The Morgan fingerprint density at radius 3 is 2.50 bits per heavy atom. The number of pyridine rings is 2. The van der Waals surface area contributed by atoms with Gasteiger partial charge in [-0.25, -0.2) is 9.37 Å². The van der Waals surface area contributed by atoms with Crippen molar-refractivity contribution in [1.29, 1.82) is 0 Å². The van der Waals surface area contributed by atoms with Crippen LogP contribution in [0, 0.1) is 12.7 Å². The molecule has 0 aliphatic rings. The summed E-state index contributed by atoms with van der Waals surface area (Å²) in [5.74, 6) is -1.48. The van der Waals surface area contributed by atoms with Crippen molar-refractivity contribution in [2.75, 3.05) is 5.32 Å². The van der Waals surface area contributed by atoms with Gasteiger partial charge in [-0.05, 0) is 43.2 Å². The smallest absolute Gasteiger partial charge is 0.345 e. The van der Waals surface area contributed by atoms with Gasteiger partial charge in [0.15, 0.2) is 5.78 Å². The minimum Gasteiger partial charge on any atom is -0.345 e. The molecule has 174 valence electrons. The number of H-pyrrole nitrogens is 1. The molecule has 0 aliphatic heterocycles. The fraction of sp³-hybridized carbons (Fsp3) is 0.167. The van der Waals surface area contributed by atoms with Gasteiger partial charge < -0.3 is 10.3 Å². The molecule has 1 aromatic carbocycles. The first-order chi connectivity index (χ1) is 16.0. The number of Topliss-reactive ketones (excluding diaryl/α,β-unsaturated/α-hetero) is 1. The minimum atomic E-state index is -4.61. The van der Waals surface area contributed by atoms with Crippen LogP contribution in [0.25, 0.3) is 22.2 Å². The van der Waals surface area contributed by atoms with Crippen LogP contribution >= 0.6 is 0 Å². The van der Waals surface area contributed by atoms with Gasteiger partial charge in [0.25, 0.3) is 0 Å². The molecule has 0 saturated heterocycles. The highest BCUT2D eigenvalue weighted by atomic mass is 19.4. The number of carbonyl (C=O) groups excluding carboxylic acids is 2. The number of alkyl halides is 3. The number of benzene rings is 1. The summed E-state index contributed by atoms with van der Waals surface area (Å²) in [5.41, 5.74) is 0.833. The third-order valence-electron chi connectivity index (χ3n) is 5.32. The van der Waals surface area contributed by atoms with Gasteiger partial charge in [-0.3, -0.25) is 14.6 Å². The highest BCUT2D eigenvalue weighted by Gasteiger charge is 2.33. The summed E-state index contributed by atoms with van der Waals surface area (Å²) in [6, 6.07) is 6.77. The van der Waals surface area contributed by atoms with Crippen molar-refractivity contribution < 1.29 is 27.2 Å². The van der Waals surface area contributed by atoms with E-state index >= 15 is 0 Å². The van der Waals surface area contributed by atoms with Crippen LogP contribution in [0.4, 0.5) is 23.2 Å². The summed E-state index contributed by atoms with van der Waals surface area (Å²) < 4.78 is 53.9. The number of rotatable bonds is 5. The van der Waals surface area contributed by atoms with Crippen LogP contribution in [0.3, 0.4) is 0 Å². The number of carbonyl (C=O) groups is 2. The van der Waals surface area contributed by atoms with Gasteiger partial charge in [0.1, 0.15) is 11.5 Å². The van der Waals surface area contributed by atoms with E-state index in [2.05, 4.69) is 20.3 Å². The topological polar surface area (TPSA) is 87.7 Å². The van der Waals surface area contributed by atoms with E-state index in [-0.39, 0.29) is 29.1 Å². The Kier molecular flexibility index (Phi) is 5.90. The molecule has 2 N–H and O–H groups in total. The molecule has 4 rings (SSSR count). The van der Waals surface area contributed by atoms with Crippen LogP contribution in [0.15, 0.2) is 48.9 Å². The zero-order chi connectivity index (χ0) is 24.6. The van der Waals surface area contributed by atoms with E-state index in [1.54, 1.807) is 18.3 Å². The highest BCUT2D eigenvalue weighted by molar-refractivity contribution is 6.06. The number of ketones is 1. The number of nitrogens with one attached hydrogen (secondary N) is 2. The molecule has 0 unspecified atom stereocenters. The molecule has 0 spiro atoms. The van der Waals surface area contributed by atoms with Gasteiger partial charge in [-0.15, -0.1) is 0 Å². The number of hydrogen-bond donors (Lipinski definition) is 2. The van der Waals surface area contributed by atoms with E-state index in [0.717, 1.165) is 12.3 Å². The minimum absolute atomic E-state index is 0.0671. The van der Waals surface area contributed by atoms with Crippen molar-refractivity contribution in [2.24, 2.45) is 0 Å². The molecule has 10 heteroatoms. The molecule has 1 amide bonds. The maximum atomic E-state index is 14.7. The highest BCUT2D eigenvalue weighted by Crippen LogP contribution is 2.32. The Bertz CT molecular complexity index is 1430. The van der Waals surface area contributed by atoms with Crippen LogP contribution < -0.4 is 5.32 Å². The Hall–Kier alpha value is -4.08. The molecule has 0 saturated carbocycles. The van der Waals surface area contributed by atoms with E-state index < -0.39 is 23.5 Å². The van der Waals surface area contributed by atoms with Crippen molar-refractivity contribution in [2.45, 2.75) is 26.4 Å². The number of fused-ring (bicyclic) bond motifs is 1. The van der Waals surface area contributed by atoms with E-state index in [1.165, 1.54) is 32.2 Å². The maximum Gasteiger partial charge on any atom is 0.418 e. The molecule has 34 heavy (non-hydrogen) atoms. The van der Waals surface area contributed by atoms with E-state index in [1.807, 2.05) is 0 Å². The third kappa shape index (κ3) is 4.66. The second-order valence-electron chi connectivity index (χ2n) is 7.76. The number of aromatic amines is 1. The second-order valence-corrected chi connectivity index (χ2v) is 7.76. The maximum absolute atomic E-state index is 14.7. The monoisotopic (exact) mass is 470 g/mol. The lowest BCUT2D eigenvalue weighted by Crippen LogP contribution is -2.17. The molecule has 0 aliphatic carbocycles. The SMILES string of the molecule is CC(=O)c1c[nH]c2ncc(-c3ccc(CC(=O)Nc4cnc(C)c(C(F)(F)F)c4)c(F)c3)cc12. The second kappa shape index (κ2) is 8.69. The quantitative estimate of drug-likeness (QED) is 0.299. The molecule has 4 aromatic rings. The predicted octanol–water partition coefficient (Wildman–Crippen LogP) is 5.48. The van der Waals surface area contributed by atoms with Crippen LogP contribution in [0.1, 0.15) is 34.1 Å². The number of halogens is 4. The average molecular weight is 470 g/mol. The normalized spacial score (nSPS) is 11.6. The summed E-state index contributed by atoms with van der Waals surface area (Å²) in [6.07, 6.45) is -0.782. The Balaban J connectivity index is 1.53. The van der Waals surface area contributed by atoms with E-state index in [0.29, 0.717) is 27.7 Å². The first kappa shape index (κ1) is 23.1. The summed E-state index contributed by atoms with van der Waals surface area (Å²) in [7, 11) is 0. The molecular weight excluding hydrogens is 452 g/mol.